The predicted octanol–water partition coefficient (Wildman–Crippen LogP) is 4.13. The average molecular weight is 446 g/mol. The second-order valence-electron chi connectivity index (χ2n) is 4.99. The van der Waals surface area contributed by atoms with Crippen LogP contribution in [0.25, 0.3) is 5.69 Å². The molecule has 1 aromatic heterocycles. The minimum atomic E-state index is -4.49. The van der Waals surface area contributed by atoms with Crippen molar-refractivity contribution in [1.29, 1.82) is 10.5 Å². The number of alkyl halides is 3. The lowest BCUT2D eigenvalue weighted by molar-refractivity contribution is -0.0328. The Morgan fingerprint density at radius 3 is 2.36 bits per heavy atom. The first-order chi connectivity index (χ1) is 13.1. The SMILES string of the molecule is Cc1nn(-c2c(Cl)cc(SC(F)(F)F)cc2Cl)nc1C=N/C(C#N)=C(\N)C#N. The maximum Gasteiger partial charge on any atom is 0.446 e. The molecule has 1 heterocycles. The minimum absolute atomic E-state index is 0.0743. The van der Waals surface area contributed by atoms with Gasteiger partial charge in [0, 0.05) is 4.90 Å². The van der Waals surface area contributed by atoms with Crippen LogP contribution in [-0.2, 0) is 0 Å². The highest BCUT2D eigenvalue weighted by molar-refractivity contribution is 8.00. The van der Waals surface area contributed by atoms with Gasteiger partial charge < -0.3 is 5.73 Å². The van der Waals surface area contributed by atoms with E-state index in [1.807, 2.05) is 0 Å². The molecular formula is C15H8Cl2F3N7S. The Morgan fingerprint density at radius 1 is 1.25 bits per heavy atom. The van der Waals surface area contributed by atoms with Gasteiger partial charge in [-0.15, -0.1) is 9.90 Å². The summed E-state index contributed by atoms with van der Waals surface area (Å²) in [5.41, 5.74) is 0.826. The van der Waals surface area contributed by atoms with Gasteiger partial charge in [-0.2, -0.15) is 28.8 Å². The zero-order valence-electron chi connectivity index (χ0n) is 13.8. The molecule has 2 aromatic rings. The lowest BCUT2D eigenvalue weighted by atomic mass is 10.3. The molecule has 0 aliphatic heterocycles. The summed E-state index contributed by atoms with van der Waals surface area (Å²) < 4.78 is 37.6. The lowest BCUT2D eigenvalue weighted by Crippen LogP contribution is -2.03. The molecule has 2 N–H and O–H groups in total. The third-order valence-corrected chi connectivity index (χ3v) is 4.32. The number of nitrogens with zero attached hydrogens (tertiary/aromatic N) is 6. The van der Waals surface area contributed by atoms with Crippen LogP contribution in [0, 0.1) is 29.6 Å². The lowest BCUT2D eigenvalue weighted by Gasteiger charge is -2.10. The Hall–Kier alpha value is -2.73. The molecule has 0 spiro atoms. The van der Waals surface area contributed by atoms with Gasteiger partial charge in [0.15, 0.2) is 5.70 Å². The van der Waals surface area contributed by atoms with Gasteiger partial charge in [0.1, 0.15) is 29.2 Å². The van der Waals surface area contributed by atoms with E-state index in [1.54, 1.807) is 19.1 Å². The standard InChI is InChI=1S/C15H8Cl2F3N7S/c1-7-13(6-24-12(5-22)11(23)4-21)26-27(25-7)14-9(16)2-8(3-10(14)17)28-15(18,19)20/h2-3,6H,23H2,1H3/b12-11-,24-6?. The zero-order chi connectivity index (χ0) is 21.1. The van der Waals surface area contributed by atoms with Gasteiger partial charge in [-0.25, -0.2) is 4.99 Å². The molecule has 2 rings (SSSR count). The van der Waals surface area contributed by atoms with Gasteiger partial charge in [0.05, 0.1) is 22.0 Å². The van der Waals surface area contributed by atoms with Gasteiger partial charge in [-0.3, -0.25) is 0 Å². The molecule has 1 aromatic carbocycles. The van der Waals surface area contributed by atoms with Crippen molar-refractivity contribution in [2.45, 2.75) is 17.3 Å². The van der Waals surface area contributed by atoms with Crippen LogP contribution in [0.5, 0.6) is 0 Å². The van der Waals surface area contributed by atoms with Gasteiger partial charge >= 0.3 is 5.51 Å². The topological polar surface area (TPSA) is 117 Å². The summed E-state index contributed by atoms with van der Waals surface area (Å²) in [7, 11) is 0. The largest absolute Gasteiger partial charge is 0.446 e. The third kappa shape index (κ3) is 5.16. The molecule has 0 radical (unpaired) electrons. The summed E-state index contributed by atoms with van der Waals surface area (Å²) in [4.78, 5) is 4.63. The molecule has 13 heteroatoms. The first-order valence-corrected chi connectivity index (χ1v) is 8.66. The maximum atomic E-state index is 12.5. The molecule has 0 aliphatic rings. The van der Waals surface area contributed by atoms with Crippen LogP contribution in [-0.4, -0.2) is 26.7 Å². The molecule has 0 bridgehead atoms. The first-order valence-electron chi connectivity index (χ1n) is 7.09. The first kappa shape index (κ1) is 21.6. The van der Waals surface area contributed by atoms with E-state index < -0.39 is 5.51 Å². The van der Waals surface area contributed by atoms with Crippen molar-refractivity contribution < 1.29 is 13.2 Å². The van der Waals surface area contributed by atoms with Crippen molar-refractivity contribution in [3.8, 4) is 17.8 Å². The highest BCUT2D eigenvalue weighted by Crippen LogP contribution is 2.41. The highest BCUT2D eigenvalue weighted by Gasteiger charge is 2.30. The Balaban J connectivity index is 2.43. The second-order valence-corrected chi connectivity index (χ2v) is 6.94. The number of aryl methyl sites for hydroxylation is 1. The molecule has 144 valence electrons. The van der Waals surface area contributed by atoms with Gasteiger partial charge in [-0.1, -0.05) is 23.2 Å². The van der Waals surface area contributed by atoms with Crippen LogP contribution in [0.4, 0.5) is 13.2 Å². The number of hydrogen-bond donors (Lipinski definition) is 1. The van der Waals surface area contributed by atoms with Crippen molar-refractivity contribution in [1.82, 2.24) is 15.0 Å². The van der Waals surface area contributed by atoms with Crippen LogP contribution in [0.1, 0.15) is 11.4 Å². The van der Waals surface area contributed by atoms with Crippen LogP contribution >= 0.6 is 35.0 Å². The summed E-state index contributed by atoms with van der Waals surface area (Å²) in [6.45, 7) is 1.57. The molecule has 0 fully saturated rings. The van der Waals surface area contributed by atoms with Gasteiger partial charge in [-0.05, 0) is 30.8 Å². The molecule has 0 saturated carbocycles. The fourth-order valence-electron chi connectivity index (χ4n) is 1.87. The van der Waals surface area contributed by atoms with E-state index in [9.17, 15) is 13.2 Å². The van der Waals surface area contributed by atoms with Crippen LogP contribution in [0.2, 0.25) is 10.0 Å². The number of halogens is 5. The summed E-state index contributed by atoms with van der Waals surface area (Å²) in [5.74, 6) is 0. The van der Waals surface area contributed by atoms with Crippen molar-refractivity contribution in [3.05, 3.63) is 45.0 Å². The van der Waals surface area contributed by atoms with E-state index in [4.69, 9.17) is 39.5 Å². The number of aromatic nitrogens is 3. The number of nitriles is 2. The monoisotopic (exact) mass is 445 g/mol. The third-order valence-electron chi connectivity index (χ3n) is 3.04. The molecular weight excluding hydrogens is 438 g/mol. The number of allylic oxidation sites excluding steroid dienone is 2. The van der Waals surface area contributed by atoms with Crippen molar-refractivity contribution in [2.75, 3.05) is 0 Å². The highest BCUT2D eigenvalue weighted by atomic mass is 35.5. The Kier molecular flexibility index (Phi) is 6.56. The summed E-state index contributed by atoms with van der Waals surface area (Å²) in [6.07, 6.45) is 1.16. The molecule has 0 aliphatic carbocycles. The quantitative estimate of drug-likeness (QED) is 0.429. The fourth-order valence-corrected chi connectivity index (χ4v) is 3.26. The van der Waals surface area contributed by atoms with Gasteiger partial charge in [0.25, 0.3) is 0 Å². The Morgan fingerprint density at radius 2 is 1.86 bits per heavy atom. The molecule has 0 unspecified atom stereocenters. The van der Waals surface area contributed by atoms with E-state index in [2.05, 4.69) is 15.2 Å². The molecule has 7 nitrogen and oxygen atoms in total. The van der Waals surface area contributed by atoms with Gasteiger partial charge in [0.2, 0.25) is 0 Å². The second kappa shape index (κ2) is 8.52. The molecule has 0 amide bonds. The van der Waals surface area contributed by atoms with Crippen molar-refractivity contribution in [2.24, 2.45) is 10.7 Å². The summed E-state index contributed by atoms with van der Waals surface area (Å²) in [6, 6.07) is 5.45. The van der Waals surface area contributed by atoms with Crippen LogP contribution < -0.4 is 5.73 Å². The van der Waals surface area contributed by atoms with Crippen LogP contribution in [0.3, 0.4) is 0 Å². The zero-order valence-corrected chi connectivity index (χ0v) is 16.1. The molecule has 0 saturated heterocycles. The fraction of sp³-hybridized carbons (Fsp3) is 0.133. The summed E-state index contributed by atoms with van der Waals surface area (Å²) in [5, 5.41) is 25.6. The van der Waals surface area contributed by atoms with E-state index in [-0.39, 0.29) is 49.5 Å². The number of benzene rings is 1. The Labute approximate surface area is 170 Å². The van der Waals surface area contributed by atoms with Crippen LogP contribution in [0.15, 0.2) is 33.4 Å². The van der Waals surface area contributed by atoms with Crippen molar-refractivity contribution >= 4 is 41.2 Å². The Bertz CT molecular complexity index is 1040. The van der Waals surface area contributed by atoms with E-state index >= 15 is 0 Å². The number of hydrogen-bond acceptors (Lipinski definition) is 7. The maximum absolute atomic E-state index is 12.5. The van der Waals surface area contributed by atoms with Crippen molar-refractivity contribution in [3.63, 3.8) is 0 Å². The average Bonchev–Trinajstić information content (AvgIpc) is 2.93. The number of nitrogens with two attached hydrogens (primary N) is 1. The normalized spacial score (nSPS) is 12.6. The van der Waals surface area contributed by atoms with E-state index in [0.717, 1.165) is 23.1 Å². The molecule has 28 heavy (non-hydrogen) atoms. The number of aliphatic imine (C=N–C) groups is 1. The summed E-state index contributed by atoms with van der Waals surface area (Å²) >= 11 is 11.8. The minimum Gasteiger partial charge on any atom is -0.388 e. The van der Waals surface area contributed by atoms with E-state index in [1.165, 1.54) is 0 Å². The smallest absolute Gasteiger partial charge is 0.388 e. The predicted molar refractivity (Wildman–Crippen MR) is 98.1 cm³/mol. The number of rotatable bonds is 4. The molecule has 0 atom stereocenters. The van der Waals surface area contributed by atoms with E-state index in [0.29, 0.717) is 5.69 Å². The number of thioether (sulfide) groups is 1.